The highest BCUT2D eigenvalue weighted by Crippen LogP contribution is 2.55. The maximum atomic E-state index is 10.1. The molecule has 15 heteroatoms. The van der Waals surface area contributed by atoms with Gasteiger partial charge < -0.3 is 36.2 Å². The van der Waals surface area contributed by atoms with Gasteiger partial charge in [0.2, 0.25) is 5.88 Å². The van der Waals surface area contributed by atoms with Gasteiger partial charge in [0.15, 0.2) is 23.1 Å². The SMILES string of the molecule is COCCCN(N)/C=C(\N)C(N)=CC=Nc1cc(O[C@@H](C)[C@@H]2CCCN2C)nc(-c2noc3c2CCC[C@@]32CCCc3sc(N)c(C#N)c32)n1. The molecule has 0 radical (unpaired) electrons. The fourth-order valence-corrected chi connectivity index (χ4v) is 8.82. The number of thiophene rings is 1. The first kappa shape index (κ1) is 35.3. The van der Waals surface area contributed by atoms with Crippen LogP contribution in [0.4, 0.5) is 10.8 Å². The highest BCUT2D eigenvalue weighted by molar-refractivity contribution is 7.16. The Morgan fingerprint density at radius 1 is 1.26 bits per heavy atom. The Labute approximate surface area is 296 Å². The van der Waals surface area contributed by atoms with Crippen LogP contribution in [0, 0.1) is 11.3 Å². The molecule has 0 unspecified atom stereocenters. The molecule has 1 spiro atoms. The largest absolute Gasteiger partial charge is 0.473 e. The molecule has 3 atom stereocenters. The number of aryl methyl sites for hydroxylation is 1. The number of fused-ring (bicyclic) bond motifs is 4. The molecule has 8 N–H and O–H groups in total. The summed E-state index contributed by atoms with van der Waals surface area (Å²) in [5.41, 5.74) is 22.0. The second kappa shape index (κ2) is 15.2. The average molecular weight is 702 g/mol. The number of aromatic nitrogens is 3. The number of hydrogen-bond acceptors (Lipinski definition) is 15. The van der Waals surface area contributed by atoms with E-state index in [1.165, 1.54) is 27.4 Å². The Morgan fingerprint density at radius 3 is 2.80 bits per heavy atom. The molecule has 3 aliphatic rings. The summed E-state index contributed by atoms with van der Waals surface area (Å²) in [7, 11) is 3.76. The summed E-state index contributed by atoms with van der Waals surface area (Å²) in [5, 5.41) is 16.7. The second-order valence-corrected chi connectivity index (χ2v) is 14.5. The van der Waals surface area contributed by atoms with Crippen LogP contribution in [0.2, 0.25) is 0 Å². The number of nitrogen functional groups attached to an aromatic ring is 1. The minimum Gasteiger partial charge on any atom is -0.473 e. The molecule has 4 heterocycles. The molecule has 0 aromatic carbocycles. The predicted molar refractivity (Wildman–Crippen MR) is 193 cm³/mol. The number of nitrogens with zero attached hydrogens (tertiary/aromatic N) is 7. The van der Waals surface area contributed by atoms with Gasteiger partial charge in [0.25, 0.3) is 0 Å². The number of methoxy groups -OCH3 is 1. The van der Waals surface area contributed by atoms with E-state index in [9.17, 15) is 5.26 Å². The summed E-state index contributed by atoms with van der Waals surface area (Å²) in [6.45, 7) is 4.24. The lowest BCUT2D eigenvalue weighted by molar-refractivity contribution is 0.117. The van der Waals surface area contributed by atoms with Crippen LogP contribution >= 0.6 is 11.3 Å². The number of ether oxygens (including phenoxy) is 2. The lowest BCUT2D eigenvalue weighted by atomic mass is 9.63. The van der Waals surface area contributed by atoms with Crippen molar-refractivity contribution in [2.45, 2.75) is 82.3 Å². The van der Waals surface area contributed by atoms with Crippen molar-refractivity contribution in [1.82, 2.24) is 25.0 Å². The zero-order chi connectivity index (χ0) is 35.4. The van der Waals surface area contributed by atoms with Crippen molar-refractivity contribution in [1.29, 1.82) is 5.26 Å². The first-order chi connectivity index (χ1) is 24.1. The number of likely N-dealkylation sites (tertiary alicyclic amines) is 1. The molecule has 3 aromatic heterocycles. The Hall–Kier alpha value is -4.49. The highest BCUT2D eigenvalue weighted by atomic mass is 32.1. The summed E-state index contributed by atoms with van der Waals surface area (Å²) in [6.07, 6.45) is 12.8. The van der Waals surface area contributed by atoms with Crippen LogP contribution in [0.1, 0.15) is 79.2 Å². The van der Waals surface area contributed by atoms with Crippen LogP contribution in [-0.2, 0) is 23.0 Å². The van der Waals surface area contributed by atoms with Crippen LogP contribution in [0.5, 0.6) is 5.88 Å². The minimum atomic E-state index is -0.457. The molecule has 2 aliphatic carbocycles. The van der Waals surface area contributed by atoms with Crippen molar-refractivity contribution in [2.75, 3.05) is 39.6 Å². The quantitative estimate of drug-likeness (QED) is 0.0691. The zero-order valence-corrected chi connectivity index (χ0v) is 29.8. The van der Waals surface area contributed by atoms with Gasteiger partial charge in [-0.2, -0.15) is 10.2 Å². The number of allylic oxidation sites excluding steroid dienone is 1. The van der Waals surface area contributed by atoms with E-state index < -0.39 is 5.41 Å². The lowest BCUT2D eigenvalue weighted by Crippen LogP contribution is -2.38. The fraction of sp³-hybridized carbons (Fsp3) is 0.514. The molecule has 14 nitrogen and oxygen atoms in total. The second-order valence-electron chi connectivity index (χ2n) is 13.3. The predicted octanol–water partition coefficient (Wildman–Crippen LogP) is 4.02. The monoisotopic (exact) mass is 701 g/mol. The fourth-order valence-electron chi connectivity index (χ4n) is 7.66. The molecule has 0 saturated carbocycles. The molecule has 6 rings (SSSR count). The van der Waals surface area contributed by atoms with Crippen LogP contribution in [0.25, 0.3) is 11.5 Å². The molecule has 1 fully saturated rings. The molecule has 0 bridgehead atoms. The number of likely N-dealkylation sites (N-methyl/N-ethyl adjacent to an activating group) is 1. The summed E-state index contributed by atoms with van der Waals surface area (Å²) < 4.78 is 17.8. The van der Waals surface area contributed by atoms with Gasteiger partial charge in [0.1, 0.15) is 17.2 Å². The number of aliphatic imine (C=N–C) groups is 1. The van der Waals surface area contributed by atoms with E-state index in [0.29, 0.717) is 58.3 Å². The lowest BCUT2D eigenvalue weighted by Gasteiger charge is -2.39. The van der Waals surface area contributed by atoms with Gasteiger partial charge in [-0.1, -0.05) is 5.16 Å². The van der Waals surface area contributed by atoms with Gasteiger partial charge in [0, 0.05) is 55.2 Å². The third-order valence-electron chi connectivity index (χ3n) is 10.0. The van der Waals surface area contributed by atoms with E-state index in [1.54, 1.807) is 25.5 Å². The third-order valence-corrected chi connectivity index (χ3v) is 11.1. The molecule has 266 valence electrons. The van der Waals surface area contributed by atoms with Crippen LogP contribution in [-0.4, -0.2) is 77.2 Å². The van der Waals surface area contributed by atoms with Gasteiger partial charge in [-0.05, 0) is 89.9 Å². The maximum absolute atomic E-state index is 10.1. The van der Waals surface area contributed by atoms with Crippen LogP contribution in [0.15, 0.2) is 39.3 Å². The van der Waals surface area contributed by atoms with Crippen molar-refractivity contribution in [3.63, 3.8) is 0 Å². The van der Waals surface area contributed by atoms with E-state index in [0.717, 1.165) is 81.2 Å². The first-order valence-electron chi connectivity index (χ1n) is 17.2. The Balaban J connectivity index is 1.34. The number of rotatable bonds is 12. The molecular formula is C35H47N11O3S. The first-order valence-corrected chi connectivity index (χ1v) is 18.0. The molecule has 50 heavy (non-hydrogen) atoms. The van der Waals surface area contributed by atoms with Gasteiger partial charge in [-0.25, -0.2) is 15.8 Å². The van der Waals surface area contributed by atoms with E-state index in [4.69, 9.17) is 47.0 Å². The normalized spacial score (nSPS) is 21.7. The summed E-state index contributed by atoms with van der Waals surface area (Å²) in [4.78, 5) is 17.7. The van der Waals surface area contributed by atoms with Crippen molar-refractivity contribution in [3.8, 4) is 23.5 Å². The molecule has 3 aromatic rings. The topological polar surface area (TPSA) is 217 Å². The number of hydrazine groups is 1. The standard InChI is InChI=1S/C35H47N11O3S/c1-21(26-9-6-15-45(26)2)48-29-18-28(41-14-11-24(37)25(38)20-46(40)16-7-17-47-3)42-34(43-29)31-22-8-4-12-35(32(22)49-44-31)13-5-10-27-30(35)23(19-36)33(39)50-27/h11,14,18,20-21,26H,4-10,12-13,15-17,37-40H2,1-3H3/b24-11?,25-20-,41-14?/t21-,26-,35-/m0/s1. The van der Waals surface area contributed by atoms with Crippen molar-refractivity contribution in [2.24, 2.45) is 22.3 Å². The van der Waals surface area contributed by atoms with E-state index in [1.807, 2.05) is 0 Å². The Morgan fingerprint density at radius 2 is 2.06 bits per heavy atom. The number of anilines is 1. The average Bonchev–Trinajstić information content (AvgIpc) is 3.82. The summed E-state index contributed by atoms with van der Waals surface area (Å²) in [5.74, 6) is 7.91. The molecular weight excluding hydrogens is 655 g/mol. The number of hydrogen-bond donors (Lipinski definition) is 4. The summed E-state index contributed by atoms with van der Waals surface area (Å²) >= 11 is 1.52. The van der Waals surface area contributed by atoms with Crippen molar-refractivity contribution < 1.29 is 14.0 Å². The van der Waals surface area contributed by atoms with Gasteiger partial charge in [-0.15, -0.1) is 11.3 Å². The summed E-state index contributed by atoms with van der Waals surface area (Å²) in [6, 6.07) is 4.36. The zero-order valence-electron chi connectivity index (χ0n) is 29.0. The highest BCUT2D eigenvalue weighted by Gasteiger charge is 2.48. The Bertz CT molecular complexity index is 1820. The van der Waals surface area contributed by atoms with Crippen LogP contribution in [0.3, 0.4) is 0 Å². The van der Waals surface area contributed by atoms with Crippen molar-refractivity contribution >= 4 is 28.4 Å². The van der Waals surface area contributed by atoms with Gasteiger partial charge >= 0.3 is 0 Å². The Kier molecular flexibility index (Phi) is 10.7. The van der Waals surface area contributed by atoms with Crippen molar-refractivity contribution in [3.05, 3.63) is 57.1 Å². The third kappa shape index (κ3) is 7.06. The van der Waals surface area contributed by atoms with Crippen LogP contribution < -0.4 is 27.8 Å². The molecule has 0 amide bonds. The van der Waals surface area contributed by atoms with E-state index in [2.05, 4.69) is 35.1 Å². The number of nitrogens with two attached hydrogens (primary N) is 4. The van der Waals surface area contributed by atoms with E-state index >= 15 is 0 Å². The molecule has 1 saturated heterocycles. The number of nitriles is 1. The smallest absolute Gasteiger partial charge is 0.219 e. The maximum Gasteiger partial charge on any atom is 0.219 e. The van der Waals surface area contributed by atoms with Gasteiger partial charge in [0.05, 0.1) is 22.4 Å². The molecule has 1 aliphatic heterocycles. The van der Waals surface area contributed by atoms with Gasteiger partial charge in [-0.3, -0.25) is 4.90 Å². The van der Waals surface area contributed by atoms with E-state index in [-0.39, 0.29) is 12.1 Å². The minimum absolute atomic E-state index is 0.116.